The van der Waals surface area contributed by atoms with Gasteiger partial charge >= 0.3 is 0 Å². The Labute approximate surface area is 115 Å². The minimum Gasteiger partial charge on any atom is -0.392 e. The van der Waals surface area contributed by atoms with Gasteiger partial charge in [0.25, 0.3) is 0 Å². The van der Waals surface area contributed by atoms with Crippen LogP contribution in [0.25, 0.3) is 0 Å². The smallest absolute Gasteiger partial charge is 0.126 e. The topological polar surface area (TPSA) is 59.1 Å². The lowest BCUT2D eigenvalue weighted by Crippen LogP contribution is -2.15. The van der Waals surface area contributed by atoms with Crippen LogP contribution in [0.15, 0.2) is 47.5 Å². The van der Waals surface area contributed by atoms with Gasteiger partial charge in [0.1, 0.15) is 11.6 Å². The first-order valence-electron chi connectivity index (χ1n) is 5.91. The number of nitrogen functional groups attached to an aromatic ring is 1. The summed E-state index contributed by atoms with van der Waals surface area (Å²) in [5.41, 5.74) is 6.56. The average molecular weight is 278 g/mol. The molecule has 5 heteroatoms. The molecule has 0 aliphatic carbocycles. The van der Waals surface area contributed by atoms with E-state index in [2.05, 4.69) is 4.98 Å². The van der Waals surface area contributed by atoms with E-state index in [0.717, 1.165) is 10.5 Å². The van der Waals surface area contributed by atoms with Crippen molar-refractivity contribution < 1.29 is 9.50 Å². The van der Waals surface area contributed by atoms with Gasteiger partial charge in [-0.3, -0.25) is 0 Å². The van der Waals surface area contributed by atoms with E-state index in [1.54, 1.807) is 24.4 Å². The van der Waals surface area contributed by atoms with Crippen molar-refractivity contribution in [3.05, 3.63) is 54.0 Å². The van der Waals surface area contributed by atoms with Crippen LogP contribution in [-0.4, -0.2) is 21.9 Å². The highest BCUT2D eigenvalue weighted by molar-refractivity contribution is 7.99. The third-order valence-electron chi connectivity index (χ3n) is 2.64. The fourth-order valence-corrected chi connectivity index (χ4v) is 2.49. The van der Waals surface area contributed by atoms with Crippen molar-refractivity contribution in [3.8, 4) is 0 Å². The second-order valence-electron chi connectivity index (χ2n) is 4.17. The highest BCUT2D eigenvalue weighted by atomic mass is 32.2. The number of pyridine rings is 1. The minimum atomic E-state index is -0.512. The number of benzene rings is 1. The number of anilines is 1. The quantitative estimate of drug-likeness (QED) is 0.825. The van der Waals surface area contributed by atoms with E-state index in [0.29, 0.717) is 18.0 Å². The summed E-state index contributed by atoms with van der Waals surface area (Å²) in [6, 6.07) is 9.87. The Kier molecular flexibility index (Phi) is 4.76. The van der Waals surface area contributed by atoms with E-state index < -0.39 is 6.10 Å². The zero-order chi connectivity index (χ0) is 13.7. The molecule has 0 saturated heterocycles. The van der Waals surface area contributed by atoms with Gasteiger partial charge in [-0.2, -0.15) is 0 Å². The molecule has 0 bridgehead atoms. The standard InChI is InChI=1S/C14H15FN2OS/c15-11-3-5-13(6-4-11)19-9-12(18)8-10-2-1-7-17-14(10)16/h1-7,12,18H,8-9H2,(H2,16,17). The van der Waals surface area contributed by atoms with Crippen molar-refractivity contribution in [1.29, 1.82) is 0 Å². The zero-order valence-electron chi connectivity index (χ0n) is 10.3. The molecule has 0 aliphatic rings. The molecule has 1 aromatic carbocycles. The van der Waals surface area contributed by atoms with Crippen LogP contribution in [0.5, 0.6) is 0 Å². The Morgan fingerprint density at radius 3 is 2.68 bits per heavy atom. The molecule has 2 aromatic rings. The fourth-order valence-electron chi connectivity index (χ4n) is 1.66. The second kappa shape index (κ2) is 6.54. The summed E-state index contributed by atoms with van der Waals surface area (Å²) >= 11 is 1.48. The summed E-state index contributed by atoms with van der Waals surface area (Å²) in [6.45, 7) is 0. The summed E-state index contributed by atoms with van der Waals surface area (Å²) in [7, 11) is 0. The van der Waals surface area contributed by atoms with Crippen LogP contribution in [0.4, 0.5) is 10.2 Å². The fraction of sp³-hybridized carbons (Fsp3) is 0.214. The van der Waals surface area contributed by atoms with Gasteiger partial charge in [-0.05, 0) is 35.9 Å². The molecule has 0 amide bonds. The lowest BCUT2D eigenvalue weighted by molar-refractivity contribution is 0.200. The minimum absolute atomic E-state index is 0.256. The molecule has 0 aliphatic heterocycles. The molecule has 3 nitrogen and oxygen atoms in total. The summed E-state index contributed by atoms with van der Waals surface area (Å²) < 4.78 is 12.7. The highest BCUT2D eigenvalue weighted by Gasteiger charge is 2.09. The Morgan fingerprint density at radius 1 is 1.26 bits per heavy atom. The van der Waals surface area contributed by atoms with Gasteiger partial charge in [0.2, 0.25) is 0 Å². The number of aromatic nitrogens is 1. The lowest BCUT2D eigenvalue weighted by atomic mass is 10.1. The number of thioether (sulfide) groups is 1. The normalized spacial score (nSPS) is 12.3. The number of aliphatic hydroxyl groups is 1. The monoisotopic (exact) mass is 278 g/mol. The predicted molar refractivity (Wildman–Crippen MR) is 75.5 cm³/mol. The molecule has 1 unspecified atom stereocenters. The SMILES string of the molecule is Nc1ncccc1CC(O)CSc1ccc(F)cc1. The number of halogens is 1. The van der Waals surface area contributed by atoms with Gasteiger partial charge in [0, 0.05) is 23.3 Å². The molecule has 1 heterocycles. The van der Waals surface area contributed by atoms with Crippen LogP contribution in [0.1, 0.15) is 5.56 Å². The third kappa shape index (κ3) is 4.22. The van der Waals surface area contributed by atoms with Crippen molar-refractivity contribution in [2.75, 3.05) is 11.5 Å². The lowest BCUT2D eigenvalue weighted by Gasteiger charge is -2.11. The van der Waals surface area contributed by atoms with Crippen molar-refractivity contribution in [1.82, 2.24) is 4.98 Å². The van der Waals surface area contributed by atoms with Gasteiger partial charge < -0.3 is 10.8 Å². The van der Waals surface area contributed by atoms with Crippen molar-refractivity contribution in [2.45, 2.75) is 17.4 Å². The maximum absolute atomic E-state index is 12.7. The Morgan fingerprint density at radius 2 is 2.00 bits per heavy atom. The molecule has 2 rings (SSSR count). The van der Waals surface area contributed by atoms with Gasteiger partial charge in [-0.15, -0.1) is 11.8 Å². The molecule has 3 N–H and O–H groups in total. The molecule has 100 valence electrons. The van der Waals surface area contributed by atoms with Gasteiger partial charge in [-0.25, -0.2) is 9.37 Å². The average Bonchev–Trinajstić information content (AvgIpc) is 2.41. The van der Waals surface area contributed by atoms with Crippen LogP contribution in [-0.2, 0) is 6.42 Å². The maximum atomic E-state index is 12.7. The van der Waals surface area contributed by atoms with Crippen LogP contribution >= 0.6 is 11.8 Å². The van der Waals surface area contributed by atoms with Crippen LogP contribution < -0.4 is 5.73 Å². The van der Waals surface area contributed by atoms with E-state index in [9.17, 15) is 9.50 Å². The Balaban J connectivity index is 1.86. The van der Waals surface area contributed by atoms with E-state index >= 15 is 0 Å². The number of aliphatic hydroxyl groups excluding tert-OH is 1. The summed E-state index contributed by atoms with van der Waals surface area (Å²) in [4.78, 5) is 4.91. The molecule has 1 aromatic heterocycles. The first kappa shape index (κ1) is 13.8. The number of hydrogen-bond acceptors (Lipinski definition) is 4. The Bertz CT molecular complexity index is 533. The van der Waals surface area contributed by atoms with Crippen LogP contribution in [0, 0.1) is 5.82 Å². The molecule has 0 saturated carbocycles. The molecular weight excluding hydrogens is 263 g/mol. The van der Waals surface area contributed by atoms with Crippen LogP contribution in [0.2, 0.25) is 0 Å². The van der Waals surface area contributed by atoms with E-state index in [1.165, 1.54) is 23.9 Å². The molecule has 1 atom stereocenters. The maximum Gasteiger partial charge on any atom is 0.126 e. The van der Waals surface area contributed by atoms with Crippen molar-refractivity contribution in [3.63, 3.8) is 0 Å². The molecule has 0 spiro atoms. The first-order valence-corrected chi connectivity index (χ1v) is 6.89. The van der Waals surface area contributed by atoms with Gasteiger partial charge in [-0.1, -0.05) is 6.07 Å². The number of nitrogens with zero attached hydrogens (tertiary/aromatic N) is 1. The van der Waals surface area contributed by atoms with Crippen molar-refractivity contribution >= 4 is 17.6 Å². The largest absolute Gasteiger partial charge is 0.392 e. The van der Waals surface area contributed by atoms with Crippen molar-refractivity contribution in [2.24, 2.45) is 0 Å². The highest BCUT2D eigenvalue weighted by Crippen LogP contribution is 2.20. The number of hydrogen-bond donors (Lipinski definition) is 2. The molecular formula is C14H15FN2OS. The molecule has 19 heavy (non-hydrogen) atoms. The van der Waals surface area contributed by atoms with E-state index in [-0.39, 0.29) is 5.82 Å². The van der Waals surface area contributed by atoms with Gasteiger partial charge in [0.05, 0.1) is 6.10 Å². The number of nitrogens with two attached hydrogens (primary N) is 1. The molecule has 0 radical (unpaired) electrons. The van der Waals surface area contributed by atoms with E-state index in [1.807, 2.05) is 6.07 Å². The second-order valence-corrected chi connectivity index (χ2v) is 5.26. The summed E-state index contributed by atoms with van der Waals surface area (Å²) in [5.74, 6) is 0.723. The first-order chi connectivity index (χ1) is 9.15. The Hall–Kier alpha value is -1.59. The van der Waals surface area contributed by atoms with E-state index in [4.69, 9.17) is 5.73 Å². The molecule has 0 fully saturated rings. The number of rotatable bonds is 5. The van der Waals surface area contributed by atoms with Gasteiger partial charge in [0.15, 0.2) is 0 Å². The van der Waals surface area contributed by atoms with Crippen LogP contribution in [0.3, 0.4) is 0 Å². The zero-order valence-corrected chi connectivity index (χ0v) is 11.1. The summed E-state index contributed by atoms with van der Waals surface area (Å²) in [5, 5.41) is 9.96. The summed E-state index contributed by atoms with van der Waals surface area (Å²) in [6.07, 6.45) is 1.58. The third-order valence-corrected chi connectivity index (χ3v) is 3.79. The predicted octanol–water partition coefficient (Wildman–Crippen LogP) is 2.50.